The highest BCUT2D eigenvalue weighted by Gasteiger charge is 2.26. The number of non-ortho nitro benzene ring substituents is 1. The van der Waals surface area contributed by atoms with Crippen LogP contribution in [0.25, 0.3) is 17.1 Å². The van der Waals surface area contributed by atoms with Gasteiger partial charge in [0.1, 0.15) is 11.4 Å². The molecule has 1 aromatic carbocycles. The predicted molar refractivity (Wildman–Crippen MR) is 102 cm³/mol. The van der Waals surface area contributed by atoms with Gasteiger partial charge in [0.2, 0.25) is 0 Å². The van der Waals surface area contributed by atoms with E-state index in [9.17, 15) is 14.9 Å². The van der Waals surface area contributed by atoms with Gasteiger partial charge in [-0.2, -0.15) is 5.10 Å². The van der Waals surface area contributed by atoms with Gasteiger partial charge in [0.05, 0.1) is 16.9 Å². The second kappa shape index (κ2) is 7.30. The molecule has 1 aliphatic heterocycles. The molecule has 0 unspecified atom stereocenters. The van der Waals surface area contributed by atoms with Crippen LogP contribution in [0.2, 0.25) is 0 Å². The number of carbonyl (C=O) groups excluding carboxylic acids is 1. The lowest BCUT2D eigenvalue weighted by Gasteiger charge is -2.30. The molecule has 3 heterocycles. The highest BCUT2D eigenvalue weighted by Crippen LogP contribution is 2.26. The monoisotopic (exact) mass is 380 g/mol. The second-order valence-corrected chi connectivity index (χ2v) is 7.06. The van der Waals surface area contributed by atoms with Crippen LogP contribution in [0.4, 0.5) is 5.69 Å². The number of rotatable bonds is 4. The molecule has 1 fully saturated rings. The second-order valence-electron chi connectivity index (χ2n) is 7.06. The summed E-state index contributed by atoms with van der Waals surface area (Å²) < 4.78 is 6.88. The third-order valence-electron chi connectivity index (χ3n) is 5.06. The minimum atomic E-state index is -0.464. The van der Waals surface area contributed by atoms with E-state index in [4.69, 9.17) is 4.42 Å². The average Bonchev–Trinajstić information content (AvgIpc) is 3.38. The van der Waals surface area contributed by atoms with E-state index in [1.54, 1.807) is 30.3 Å². The zero-order valence-corrected chi connectivity index (χ0v) is 15.4. The number of likely N-dealkylation sites (tertiary alicyclic amines) is 1. The Kier molecular flexibility index (Phi) is 4.68. The van der Waals surface area contributed by atoms with Gasteiger partial charge in [0.25, 0.3) is 11.6 Å². The fourth-order valence-corrected chi connectivity index (χ4v) is 3.39. The van der Waals surface area contributed by atoms with Gasteiger partial charge in [-0.3, -0.25) is 14.9 Å². The van der Waals surface area contributed by atoms with Gasteiger partial charge in [-0.05, 0) is 37.0 Å². The van der Waals surface area contributed by atoms with Gasteiger partial charge in [-0.1, -0.05) is 13.0 Å². The van der Waals surface area contributed by atoms with Crippen LogP contribution in [0.1, 0.15) is 30.3 Å². The summed E-state index contributed by atoms with van der Waals surface area (Å²) in [6.45, 7) is 3.57. The normalized spacial score (nSPS) is 15.0. The maximum absolute atomic E-state index is 13.2. The Hall–Kier alpha value is -3.42. The standard InChI is InChI=1S/C20H20N4O4/c1-14-7-9-22(10-8-14)20(25)18-13-17(19-6-3-11-28-19)21-23(18)15-4-2-5-16(12-15)24(26)27/h2-6,11-14H,7-10H2,1H3. The lowest BCUT2D eigenvalue weighted by atomic mass is 9.99. The van der Waals surface area contributed by atoms with Crippen molar-refractivity contribution in [3.8, 4) is 17.1 Å². The Balaban J connectivity index is 1.77. The van der Waals surface area contributed by atoms with Crippen LogP contribution in [-0.4, -0.2) is 38.6 Å². The molecular weight excluding hydrogens is 360 g/mol. The van der Waals surface area contributed by atoms with Crippen molar-refractivity contribution in [1.29, 1.82) is 0 Å². The smallest absolute Gasteiger partial charge is 0.272 e. The number of carbonyl (C=O) groups is 1. The number of amides is 1. The molecule has 1 amide bonds. The van der Waals surface area contributed by atoms with Crippen LogP contribution in [0.5, 0.6) is 0 Å². The number of nitrogens with zero attached hydrogens (tertiary/aromatic N) is 4. The maximum Gasteiger partial charge on any atom is 0.272 e. The minimum absolute atomic E-state index is 0.0576. The Morgan fingerprint density at radius 3 is 2.68 bits per heavy atom. The Bertz CT molecular complexity index is 1000. The molecule has 1 saturated heterocycles. The number of benzene rings is 1. The Labute approximate surface area is 161 Å². The van der Waals surface area contributed by atoms with Crippen molar-refractivity contribution in [2.24, 2.45) is 5.92 Å². The molecule has 8 heteroatoms. The summed E-state index contributed by atoms with van der Waals surface area (Å²) >= 11 is 0. The number of nitro benzene ring substituents is 1. The number of nitro groups is 1. The van der Waals surface area contributed by atoms with Crippen LogP contribution < -0.4 is 0 Å². The van der Waals surface area contributed by atoms with Crippen LogP contribution in [-0.2, 0) is 0 Å². The minimum Gasteiger partial charge on any atom is -0.463 e. The molecule has 0 bridgehead atoms. The summed E-state index contributed by atoms with van der Waals surface area (Å²) in [6.07, 6.45) is 3.46. The summed E-state index contributed by atoms with van der Waals surface area (Å²) in [5, 5.41) is 15.7. The molecule has 0 atom stereocenters. The molecule has 0 aliphatic carbocycles. The van der Waals surface area contributed by atoms with E-state index in [0.29, 0.717) is 41.8 Å². The highest BCUT2D eigenvalue weighted by molar-refractivity contribution is 5.94. The lowest BCUT2D eigenvalue weighted by molar-refractivity contribution is -0.384. The van der Waals surface area contributed by atoms with Crippen molar-refractivity contribution in [3.05, 3.63) is 64.5 Å². The van der Waals surface area contributed by atoms with Crippen molar-refractivity contribution >= 4 is 11.6 Å². The van der Waals surface area contributed by atoms with E-state index in [1.807, 2.05) is 4.90 Å². The third kappa shape index (κ3) is 3.40. The van der Waals surface area contributed by atoms with Gasteiger partial charge in [0.15, 0.2) is 5.76 Å². The van der Waals surface area contributed by atoms with Crippen molar-refractivity contribution in [3.63, 3.8) is 0 Å². The Morgan fingerprint density at radius 1 is 1.21 bits per heavy atom. The van der Waals surface area contributed by atoms with Gasteiger partial charge in [0, 0.05) is 31.3 Å². The van der Waals surface area contributed by atoms with Crippen LogP contribution in [0.15, 0.2) is 53.1 Å². The van der Waals surface area contributed by atoms with Crippen LogP contribution in [0, 0.1) is 16.0 Å². The van der Waals surface area contributed by atoms with E-state index < -0.39 is 4.92 Å². The first kappa shape index (κ1) is 18.0. The third-order valence-corrected chi connectivity index (χ3v) is 5.06. The van der Waals surface area contributed by atoms with Gasteiger partial charge < -0.3 is 9.32 Å². The molecule has 1 aliphatic rings. The molecule has 4 rings (SSSR count). The maximum atomic E-state index is 13.2. The zero-order valence-electron chi connectivity index (χ0n) is 15.4. The van der Waals surface area contributed by atoms with Crippen molar-refractivity contribution in [2.45, 2.75) is 19.8 Å². The number of furan rings is 1. The number of aromatic nitrogens is 2. The SMILES string of the molecule is CC1CCN(C(=O)c2cc(-c3ccco3)nn2-c2cccc([N+](=O)[O-])c2)CC1. The molecular formula is C20H20N4O4. The molecule has 0 N–H and O–H groups in total. The first-order chi connectivity index (χ1) is 13.5. The quantitative estimate of drug-likeness (QED) is 0.505. The van der Waals surface area contributed by atoms with Crippen molar-refractivity contribution < 1.29 is 14.1 Å². The molecule has 8 nitrogen and oxygen atoms in total. The van der Waals surface area contributed by atoms with E-state index in [1.165, 1.54) is 23.1 Å². The van der Waals surface area contributed by atoms with Crippen LogP contribution in [0.3, 0.4) is 0 Å². The van der Waals surface area contributed by atoms with E-state index >= 15 is 0 Å². The fourth-order valence-electron chi connectivity index (χ4n) is 3.39. The molecule has 0 radical (unpaired) electrons. The highest BCUT2D eigenvalue weighted by atomic mass is 16.6. The first-order valence-corrected chi connectivity index (χ1v) is 9.21. The van der Waals surface area contributed by atoms with E-state index in [0.717, 1.165) is 12.8 Å². The summed E-state index contributed by atoms with van der Waals surface area (Å²) in [6, 6.07) is 11.3. The fraction of sp³-hybridized carbons (Fsp3) is 0.300. The van der Waals surface area contributed by atoms with Gasteiger partial charge >= 0.3 is 0 Å². The van der Waals surface area contributed by atoms with Gasteiger partial charge in [-0.15, -0.1) is 0 Å². The number of piperidine rings is 1. The molecule has 0 saturated carbocycles. The molecule has 0 spiro atoms. The van der Waals surface area contributed by atoms with Crippen LogP contribution >= 0.6 is 0 Å². The summed E-state index contributed by atoms with van der Waals surface area (Å²) in [5.41, 5.74) is 1.27. The van der Waals surface area contributed by atoms with Crippen molar-refractivity contribution in [1.82, 2.24) is 14.7 Å². The van der Waals surface area contributed by atoms with E-state index in [-0.39, 0.29) is 11.6 Å². The predicted octanol–water partition coefficient (Wildman–Crippen LogP) is 3.91. The lowest BCUT2D eigenvalue weighted by Crippen LogP contribution is -2.38. The number of hydrogen-bond donors (Lipinski definition) is 0. The summed E-state index contributed by atoms with van der Waals surface area (Å²) in [4.78, 5) is 25.7. The summed E-state index contributed by atoms with van der Waals surface area (Å²) in [5.74, 6) is 0.999. The van der Waals surface area contributed by atoms with Crippen molar-refractivity contribution in [2.75, 3.05) is 13.1 Å². The topological polar surface area (TPSA) is 94.4 Å². The molecule has 3 aromatic rings. The average molecular weight is 380 g/mol. The van der Waals surface area contributed by atoms with Gasteiger partial charge in [-0.25, -0.2) is 4.68 Å². The molecule has 2 aromatic heterocycles. The number of hydrogen-bond acceptors (Lipinski definition) is 5. The first-order valence-electron chi connectivity index (χ1n) is 9.21. The summed E-state index contributed by atoms with van der Waals surface area (Å²) in [7, 11) is 0. The Morgan fingerprint density at radius 2 is 2.00 bits per heavy atom. The molecule has 144 valence electrons. The largest absolute Gasteiger partial charge is 0.463 e. The zero-order chi connectivity index (χ0) is 19.7. The molecule has 28 heavy (non-hydrogen) atoms. The van der Waals surface area contributed by atoms with E-state index in [2.05, 4.69) is 12.0 Å².